The van der Waals surface area contributed by atoms with E-state index in [0.29, 0.717) is 36.9 Å². The third-order valence-corrected chi connectivity index (χ3v) is 5.62. The fourth-order valence-electron chi connectivity index (χ4n) is 2.72. The Morgan fingerprint density at radius 1 is 0.750 bits per heavy atom. The first kappa shape index (κ1) is 21.0. The Hall–Kier alpha value is -1.06. The van der Waals surface area contributed by atoms with Crippen molar-refractivity contribution < 1.29 is 19.1 Å². The van der Waals surface area contributed by atoms with Gasteiger partial charge in [0.1, 0.15) is 0 Å². The van der Waals surface area contributed by atoms with E-state index in [9.17, 15) is 9.59 Å². The maximum atomic E-state index is 12.5. The molecule has 0 amide bonds. The lowest BCUT2D eigenvalue weighted by atomic mass is 9.79. The van der Waals surface area contributed by atoms with Gasteiger partial charge in [-0.2, -0.15) is 0 Å². The molecule has 0 bridgehead atoms. The standard InChI is InChI=1S/C20H36O4/c1-13(2)15(5)11-23-19(21)17-9-7-8-10-18(17)20(22)24-12-16(6)14(3)4/h13-18H,7-12H2,1-6H3. The van der Waals surface area contributed by atoms with Crippen LogP contribution < -0.4 is 0 Å². The van der Waals surface area contributed by atoms with Gasteiger partial charge in [-0.05, 0) is 36.5 Å². The topological polar surface area (TPSA) is 52.6 Å². The second-order valence-corrected chi connectivity index (χ2v) is 8.20. The summed E-state index contributed by atoms with van der Waals surface area (Å²) in [4.78, 5) is 24.9. The van der Waals surface area contributed by atoms with Crippen molar-refractivity contribution in [3.63, 3.8) is 0 Å². The second-order valence-electron chi connectivity index (χ2n) is 8.20. The SMILES string of the molecule is CC(C)C(C)COC(=O)C1CCCCC1C(=O)OCC(C)C(C)C. The molecule has 4 unspecified atom stereocenters. The molecular formula is C20H36O4. The molecule has 0 N–H and O–H groups in total. The van der Waals surface area contributed by atoms with E-state index >= 15 is 0 Å². The molecule has 0 heterocycles. The summed E-state index contributed by atoms with van der Waals surface area (Å²) in [6, 6.07) is 0. The van der Waals surface area contributed by atoms with Crippen LogP contribution in [-0.2, 0) is 19.1 Å². The molecule has 0 aromatic carbocycles. The molecule has 24 heavy (non-hydrogen) atoms. The van der Waals surface area contributed by atoms with Gasteiger partial charge in [-0.1, -0.05) is 54.4 Å². The van der Waals surface area contributed by atoms with Crippen molar-refractivity contribution in [2.75, 3.05) is 13.2 Å². The van der Waals surface area contributed by atoms with Crippen LogP contribution in [0.1, 0.15) is 67.2 Å². The lowest BCUT2D eigenvalue weighted by molar-refractivity contribution is -0.164. The molecule has 0 spiro atoms. The first-order valence-corrected chi connectivity index (χ1v) is 9.57. The van der Waals surface area contributed by atoms with E-state index in [1.54, 1.807) is 0 Å². The molecule has 1 fully saturated rings. The zero-order chi connectivity index (χ0) is 18.3. The number of esters is 2. The highest BCUT2D eigenvalue weighted by atomic mass is 16.5. The van der Waals surface area contributed by atoms with Gasteiger partial charge in [0.2, 0.25) is 0 Å². The van der Waals surface area contributed by atoms with Crippen LogP contribution in [0.25, 0.3) is 0 Å². The van der Waals surface area contributed by atoms with Gasteiger partial charge < -0.3 is 9.47 Å². The lowest BCUT2D eigenvalue weighted by Gasteiger charge is -2.29. The Labute approximate surface area is 147 Å². The average molecular weight is 341 g/mol. The minimum Gasteiger partial charge on any atom is -0.465 e. The van der Waals surface area contributed by atoms with Crippen LogP contribution >= 0.6 is 0 Å². The summed E-state index contributed by atoms with van der Waals surface area (Å²) in [5.41, 5.74) is 0. The molecule has 1 saturated carbocycles. The normalized spacial score (nSPS) is 23.8. The summed E-state index contributed by atoms with van der Waals surface area (Å²) < 4.78 is 11.0. The molecule has 140 valence electrons. The van der Waals surface area contributed by atoms with E-state index in [0.717, 1.165) is 25.7 Å². The molecule has 0 aromatic heterocycles. The average Bonchev–Trinajstić information content (AvgIpc) is 2.56. The van der Waals surface area contributed by atoms with E-state index < -0.39 is 0 Å². The minimum absolute atomic E-state index is 0.221. The summed E-state index contributed by atoms with van der Waals surface area (Å²) >= 11 is 0. The largest absolute Gasteiger partial charge is 0.465 e. The summed E-state index contributed by atoms with van der Waals surface area (Å²) in [6.45, 7) is 13.5. The van der Waals surface area contributed by atoms with Gasteiger partial charge in [-0.3, -0.25) is 9.59 Å². The van der Waals surface area contributed by atoms with Crippen LogP contribution in [-0.4, -0.2) is 25.2 Å². The summed E-state index contributed by atoms with van der Waals surface area (Å²) in [6.07, 6.45) is 3.42. The van der Waals surface area contributed by atoms with Crippen molar-refractivity contribution in [1.29, 1.82) is 0 Å². The van der Waals surface area contributed by atoms with E-state index in [4.69, 9.17) is 9.47 Å². The molecule has 0 radical (unpaired) electrons. The molecule has 4 heteroatoms. The van der Waals surface area contributed by atoms with Gasteiger partial charge in [0.05, 0.1) is 25.0 Å². The van der Waals surface area contributed by atoms with Gasteiger partial charge in [-0.15, -0.1) is 0 Å². The lowest BCUT2D eigenvalue weighted by Crippen LogP contribution is -2.36. The molecule has 1 aliphatic rings. The Kier molecular flexibility index (Phi) is 8.79. The third-order valence-electron chi connectivity index (χ3n) is 5.62. The molecule has 0 saturated heterocycles. The van der Waals surface area contributed by atoms with E-state index in [-0.39, 0.29) is 23.8 Å². The molecule has 4 atom stereocenters. The number of rotatable bonds is 8. The monoisotopic (exact) mass is 340 g/mol. The van der Waals surface area contributed by atoms with E-state index in [1.165, 1.54) is 0 Å². The quantitative estimate of drug-likeness (QED) is 0.612. The zero-order valence-electron chi connectivity index (χ0n) is 16.3. The van der Waals surface area contributed by atoms with Crippen LogP contribution in [0.4, 0.5) is 0 Å². The summed E-state index contributed by atoms with van der Waals surface area (Å²) in [5, 5.41) is 0. The molecule has 0 aromatic rings. The van der Waals surface area contributed by atoms with Gasteiger partial charge in [0, 0.05) is 0 Å². The maximum absolute atomic E-state index is 12.5. The van der Waals surface area contributed by atoms with Crippen molar-refractivity contribution in [1.82, 2.24) is 0 Å². The fourth-order valence-corrected chi connectivity index (χ4v) is 2.72. The number of ether oxygens (including phenoxy) is 2. The van der Waals surface area contributed by atoms with Crippen LogP contribution in [0.3, 0.4) is 0 Å². The Bertz CT molecular complexity index is 364. The van der Waals surface area contributed by atoms with Crippen molar-refractivity contribution >= 4 is 11.9 Å². The van der Waals surface area contributed by atoms with Crippen molar-refractivity contribution in [2.24, 2.45) is 35.5 Å². The summed E-state index contributed by atoms with van der Waals surface area (Å²) in [5.74, 6) is 0.497. The van der Waals surface area contributed by atoms with Gasteiger partial charge >= 0.3 is 11.9 Å². The first-order chi connectivity index (χ1) is 11.2. The number of hydrogen-bond donors (Lipinski definition) is 0. The molecule has 0 aliphatic heterocycles. The van der Waals surface area contributed by atoms with Crippen LogP contribution in [0.5, 0.6) is 0 Å². The maximum Gasteiger partial charge on any atom is 0.309 e. The zero-order valence-corrected chi connectivity index (χ0v) is 16.3. The minimum atomic E-state index is -0.333. The highest BCUT2D eigenvalue weighted by Gasteiger charge is 2.38. The van der Waals surface area contributed by atoms with Crippen LogP contribution in [0, 0.1) is 35.5 Å². The molecule has 1 aliphatic carbocycles. The number of carbonyl (C=O) groups excluding carboxylic acids is 2. The van der Waals surface area contributed by atoms with E-state index in [1.807, 2.05) is 0 Å². The van der Waals surface area contributed by atoms with Crippen LogP contribution in [0.2, 0.25) is 0 Å². The Balaban J connectivity index is 2.57. The number of hydrogen-bond acceptors (Lipinski definition) is 4. The van der Waals surface area contributed by atoms with Crippen molar-refractivity contribution in [3.8, 4) is 0 Å². The highest BCUT2D eigenvalue weighted by molar-refractivity contribution is 5.82. The predicted molar refractivity (Wildman–Crippen MR) is 95.4 cm³/mol. The van der Waals surface area contributed by atoms with Gasteiger partial charge in [-0.25, -0.2) is 0 Å². The number of carbonyl (C=O) groups is 2. The smallest absolute Gasteiger partial charge is 0.309 e. The van der Waals surface area contributed by atoms with Gasteiger partial charge in [0.25, 0.3) is 0 Å². The van der Waals surface area contributed by atoms with Gasteiger partial charge in [0.15, 0.2) is 0 Å². The molecular weight excluding hydrogens is 304 g/mol. The summed E-state index contributed by atoms with van der Waals surface area (Å²) in [7, 11) is 0. The predicted octanol–water partition coefficient (Wildman–Crippen LogP) is 4.46. The fraction of sp³-hybridized carbons (Fsp3) is 0.900. The highest BCUT2D eigenvalue weighted by Crippen LogP contribution is 2.32. The molecule has 4 nitrogen and oxygen atoms in total. The second kappa shape index (κ2) is 10.0. The first-order valence-electron chi connectivity index (χ1n) is 9.57. The third kappa shape index (κ3) is 6.45. The van der Waals surface area contributed by atoms with E-state index in [2.05, 4.69) is 41.5 Å². The van der Waals surface area contributed by atoms with Crippen molar-refractivity contribution in [3.05, 3.63) is 0 Å². The molecule has 1 rings (SSSR count). The van der Waals surface area contributed by atoms with Crippen LogP contribution in [0.15, 0.2) is 0 Å². The Morgan fingerprint density at radius 3 is 1.38 bits per heavy atom. The Morgan fingerprint density at radius 2 is 1.08 bits per heavy atom. The van der Waals surface area contributed by atoms with Crippen molar-refractivity contribution in [2.45, 2.75) is 67.2 Å².